The van der Waals surface area contributed by atoms with E-state index in [1.165, 1.54) is 43.2 Å². The van der Waals surface area contributed by atoms with Crippen LogP contribution in [0.2, 0.25) is 0 Å². The van der Waals surface area contributed by atoms with Crippen molar-refractivity contribution in [3.05, 3.63) is 35.4 Å². The van der Waals surface area contributed by atoms with Gasteiger partial charge < -0.3 is 5.32 Å². The van der Waals surface area contributed by atoms with Gasteiger partial charge in [-0.1, -0.05) is 78.1 Å². The van der Waals surface area contributed by atoms with E-state index >= 15 is 0 Å². The van der Waals surface area contributed by atoms with Crippen molar-refractivity contribution >= 4 is 0 Å². The molecule has 0 aliphatic carbocycles. The van der Waals surface area contributed by atoms with Crippen LogP contribution in [0.15, 0.2) is 24.3 Å². The molecular weight excluding hydrogens is 242 g/mol. The number of hydrogen-bond donors (Lipinski definition) is 1. The molecule has 0 aliphatic heterocycles. The Bertz CT molecular complexity index is 364. The first-order chi connectivity index (χ1) is 9.55. The quantitative estimate of drug-likeness (QED) is 0.578. The highest BCUT2D eigenvalue weighted by atomic mass is 14.9. The number of rotatable bonds is 9. The highest BCUT2D eigenvalue weighted by Crippen LogP contribution is 2.28. The molecule has 0 saturated heterocycles. The normalized spacial score (nSPS) is 13.4. The summed E-state index contributed by atoms with van der Waals surface area (Å²) in [5.41, 5.74) is 3.18. The Morgan fingerprint density at radius 2 is 1.65 bits per heavy atom. The molecule has 1 nitrogen and oxygen atoms in total. The van der Waals surface area contributed by atoms with Crippen molar-refractivity contribution in [2.75, 3.05) is 6.54 Å². The lowest BCUT2D eigenvalue weighted by Crippen LogP contribution is -2.21. The summed E-state index contributed by atoms with van der Waals surface area (Å²) in [4.78, 5) is 0. The highest BCUT2D eigenvalue weighted by molar-refractivity contribution is 5.29. The minimum absolute atomic E-state index is 0.286. The van der Waals surface area contributed by atoms with Crippen LogP contribution >= 0.6 is 0 Å². The van der Waals surface area contributed by atoms with Crippen LogP contribution in [0.25, 0.3) is 0 Å². The summed E-state index contributed by atoms with van der Waals surface area (Å²) in [5.74, 6) is 0. The molecule has 20 heavy (non-hydrogen) atoms. The number of unbranched alkanes of at least 4 members (excludes halogenated alkanes) is 2. The highest BCUT2D eigenvalue weighted by Gasteiger charge is 2.18. The molecule has 0 heterocycles. The zero-order chi connectivity index (χ0) is 15.0. The maximum Gasteiger partial charge on any atom is 0.0320 e. The zero-order valence-corrected chi connectivity index (χ0v) is 14.1. The fourth-order valence-corrected chi connectivity index (χ4v) is 2.60. The minimum atomic E-state index is 0.286. The van der Waals surface area contributed by atoms with Gasteiger partial charge in [0, 0.05) is 6.04 Å². The number of hydrogen-bond acceptors (Lipinski definition) is 1. The largest absolute Gasteiger partial charge is 0.310 e. The van der Waals surface area contributed by atoms with E-state index in [-0.39, 0.29) is 5.41 Å². The van der Waals surface area contributed by atoms with Gasteiger partial charge in [-0.2, -0.15) is 0 Å². The molecular formula is C19H33N. The summed E-state index contributed by atoms with van der Waals surface area (Å²) >= 11 is 0. The number of nitrogens with one attached hydrogen (secondary N) is 1. The Hall–Kier alpha value is -0.820. The Morgan fingerprint density at radius 1 is 1.00 bits per heavy atom. The van der Waals surface area contributed by atoms with Crippen molar-refractivity contribution in [2.45, 2.75) is 78.2 Å². The second kappa shape index (κ2) is 8.46. The molecule has 1 heteroatoms. The van der Waals surface area contributed by atoms with Crippen molar-refractivity contribution < 1.29 is 0 Å². The Morgan fingerprint density at radius 3 is 2.15 bits per heavy atom. The maximum absolute atomic E-state index is 3.63. The van der Waals surface area contributed by atoms with Gasteiger partial charge in [0.25, 0.3) is 0 Å². The minimum Gasteiger partial charge on any atom is -0.310 e. The van der Waals surface area contributed by atoms with Gasteiger partial charge in [0.2, 0.25) is 0 Å². The van der Waals surface area contributed by atoms with Gasteiger partial charge in [0.15, 0.2) is 0 Å². The molecule has 0 radical (unpaired) electrons. The van der Waals surface area contributed by atoms with E-state index in [2.05, 4.69) is 64.2 Å². The smallest absolute Gasteiger partial charge is 0.0320 e. The van der Waals surface area contributed by atoms with E-state index in [1.807, 2.05) is 0 Å². The van der Waals surface area contributed by atoms with Crippen molar-refractivity contribution in [2.24, 2.45) is 0 Å². The van der Waals surface area contributed by atoms with Crippen LogP contribution in [0, 0.1) is 0 Å². The maximum atomic E-state index is 3.63. The van der Waals surface area contributed by atoms with E-state index < -0.39 is 0 Å². The molecule has 0 aromatic heterocycles. The molecule has 0 aliphatic rings. The van der Waals surface area contributed by atoms with Gasteiger partial charge >= 0.3 is 0 Å². The molecule has 1 rings (SSSR count). The first-order valence-electron chi connectivity index (χ1n) is 8.39. The summed E-state index contributed by atoms with van der Waals surface area (Å²) in [7, 11) is 0. The standard InChI is InChI=1S/C19H33N/c1-6-9-10-11-18(20-8-3)16-12-14-17(15-13-16)19(4,5)7-2/h12-15,18,20H,6-11H2,1-5H3. The third kappa shape index (κ3) is 4.94. The monoisotopic (exact) mass is 275 g/mol. The summed E-state index contributed by atoms with van der Waals surface area (Å²) in [6.45, 7) is 12.4. The molecule has 1 atom stereocenters. The fourth-order valence-electron chi connectivity index (χ4n) is 2.60. The van der Waals surface area contributed by atoms with Crippen molar-refractivity contribution in [1.29, 1.82) is 0 Å². The molecule has 114 valence electrons. The Kier molecular flexibility index (Phi) is 7.29. The second-order valence-corrected chi connectivity index (χ2v) is 6.47. The fraction of sp³-hybridized carbons (Fsp3) is 0.684. The molecule has 1 aromatic rings. The zero-order valence-electron chi connectivity index (χ0n) is 14.1. The van der Waals surface area contributed by atoms with E-state index in [1.54, 1.807) is 0 Å². The summed E-state index contributed by atoms with van der Waals surface area (Å²) in [6, 6.07) is 9.81. The van der Waals surface area contributed by atoms with Gasteiger partial charge in [-0.25, -0.2) is 0 Å². The van der Waals surface area contributed by atoms with Crippen LogP contribution in [0.1, 0.15) is 83.9 Å². The van der Waals surface area contributed by atoms with Crippen LogP contribution < -0.4 is 5.32 Å². The lowest BCUT2D eigenvalue weighted by atomic mass is 9.81. The molecule has 0 bridgehead atoms. The molecule has 1 unspecified atom stereocenters. The first-order valence-corrected chi connectivity index (χ1v) is 8.39. The molecule has 0 amide bonds. The van der Waals surface area contributed by atoms with Crippen LogP contribution in [0.4, 0.5) is 0 Å². The van der Waals surface area contributed by atoms with Gasteiger partial charge in [0.1, 0.15) is 0 Å². The molecule has 0 spiro atoms. The van der Waals surface area contributed by atoms with Crippen LogP contribution in [0.3, 0.4) is 0 Å². The topological polar surface area (TPSA) is 12.0 Å². The molecule has 0 fully saturated rings. The van der Waals surface area contributed by atoms with Crippen LogP contribution in [-0.2, 0) is 5.41 Å². The van der Waals surface area contributed by atoms with Gasteiger partial charge in [-0.15, -0.1) is 0 Å². The van der Waals surface area contributed by atoms with Crippen molar-refractivity contribution in [3.8, 4) is 0 Å². The van der Waals surface area contributed by atoms with Gasteiger partial charge in [-0.05, 0) is 35.9 Å². The molecule has 0 saturated carbocycles. The van der Waals surface area contributed by atoms with E-state index in [0.29, 0.717) is 6.04 Å². The van der Waals surface area contributed by atoms with E-state index in [0.717, 1.165) is 6.54 Å². The lowest BCUT2D eigenvalue weighted by molar-refractivity contribution is 0.484. The average molecular weight is 275 g/mol. The number of benzene rings is 1. The summed E-state index contributed by atoms with van der Waals surface area (Å²) < 4.78 is 0. The van der Waals surface area contributed by atoms with E-state index in [9.17, 15) is 0 Å². The Labute approximate surface area is 126 Å². The predicted octanol–water partition coefficient (Wildman–Crippen LogP) is 5.61. The van der Waals surface area contributed by atoms with E-state index in [4.69, 9.17) is 0 Å². The second-order valence-electron chi connectivity index (χ2n) is 6.47. The third-order valence-electron chi connectivity index (χ3n) is 4.53. The van der Waals surface area contributed by atoms with Crippen LogP contribution in [0.5, 0.6) is 0 Å². The summed E-state index contributed by atoms with van der Waals surface area (Å²) in [6.07, 6.45) is 6.37. The predicted molar refractivity (Wildman–Crippen MR) is 90.3 cm³/mol. The lowest BCUT2D eigenvalue weighted by Gasteiger charge is -2.25. The first kappa shape index (κ1) is 17.2. The molecule has 1 N–H and O–H groups in total. The van der Waals surface area contributed by atoms with Crippen molar-refractivity contribution in [3.63, 3.8) is 0 Å². The van der Waals surface area contributed by atoms with Crippen molar-refractivity contribution in [1.82, 2.24) is 5.32 Å². The Balaban J connectivity index is 2.77. The van der Waals surface area contributed by atoms with Crippen LogP contribution in [-0.4, -0.2) is 6.54 Å². The third-order valence-corrected chi connectivity index (χ3v) is 4.53. The SMILES string of the molecule is CCCCCC(NCC)c1ccc(C(C)(C)CC)cc1. The average Bonchev–Trinajstić information content (AvgIpc) is 2.47. The van der Waals surface area contributed by atoms with Gasteiger partial charge in [-0.3, -0.25) is 0 Å². The summed E-state index contributed by atoms with van der Waals surface area (Å²) in [5, 5.41) is 3.63. The molecule has 1 aromatic carbocycles. The van der Waals surface area contributed by atoms with Gasteiger partial charge in [0.05, 0.1) is 0 Å².